The van der Waals surface area contributed by atoms with E-state index in [4.69, 9.17) is 0 Å². The second kappa shape index (κ2) is 9.94. The third-order valence-corrected chi connectivity index (χ3v) is 5.49. The smallest absolute Gasteiger partial charge is 0.257 e. The van der Waals surface area contributed by atoms with E-state index in [1.807, 2.05) is 44.2 Å². The highest BCUT2D eigenvalue weighted by Crippen LogP contribution is 2.26. The summed E-state index contributed by atoms with van der Waals surface area (Å²) in [5.74, 6) is -0.220. The number of carbonyl (C=O) groups is 2. The van der Waals surface area contributed by atoms with Crippen molar-refractivity contribution < 1.29 is 9.59 Å². The molecule has 0 aliphatic carbocycles. The Labute approximate surface area is 184 Å². The van der Waals surface area contributed by atoms with Crippen molar-refractivity contribution in [2.75, 3.05) is 23.7 Å². The quantitative estimate of drug-likeness (QED) is 0.514. The highest BCUT2D eigenvalue weighted by atomic mass is 16.2. The van der Waals surface area contributed by atoms with Crippen LogP contribution in [-0.2, 0) is 0 Å². The van der Waals surface area contributed by atoms with E-state index in [9.17, 15) is 9.59 Å². The number of aryl methyl sites for hydroxylation is 1. The fourth-order valence-corrected chi connectivity index (χ4v) is 3.41. The molecule has 0 unspecified atom stereocenters. The standard InChI is InChI=1S/C26H29N3O2/c1-5-29(6-2)26(31)20-14-16-21(17-15-20)27-25(30)22-11-7-8-12-24(22)28-23-13-9-10-18(3)19(23)4/h7-17,28H,5-6H2,1-4H3,(H,27,30). The predicted octanol–water partition coefficient (Wildman–Crippen LogP) is 5.78. The minimum Gasteiger partial charge on any atom is -0.355 e. The third kappa shape index (κ3) is 5.12. The van der Waals surface area contributed by atoms with Crippen molar-refractivity contribution in [3.05, 3.63) is 89.0 Å². The molecule has 0 aromatic heterocycles. The zero-order chi connectivity index (χ0) is 22.4. The molecular formula is C26H29N3O2. The molecule has 0 bridgehead atoms. The van der Waals surface area contributed by atoms with Gasteiger partial charge in [-0.3, -0.25) is 9.59 Å². The van der Waals surface area contributed by atoms with Crippen LogP contribution in [0.4, 0.5) is 17.1 Å². The largest absolute Gasteiger partial charge is 0.355 e. The average molecular weight is 416 g/mol. The Morgan fingerprint density at radius 2 is 1.45 bits per heavy atom. The summed E-state index contributed by atoms with van der Waals surface area (Å²) in [6.45, 7) is 9.37. The first kappa shape index (κ1) is 22.1. The van der Waals surface area contributed by atoms with E-state index < -0.39 is 0 Å². The molecule has 0 aliphatic rings. The summed E-state index contributed by atoms with van der Waals surface area (Å²) < 4.78 is 0. The highest BCUT2D eigenvalue weighted by Gasteiger charge is 2.15. The first-order valence-electron chi connectivity index (χ1n) is 10.6. The maximum Gasteiger partial charge on any atom is 0.257 e. The van der Waals surface area contributed by atoms with Crippen LogP contribution >= 0.6 is 0 Å². The minimum atomic E-state index is -0.212. The lowest BCUT2D eigenvalue weighted by Gasteiger charge is -2.18. The van der Waals surface area contributed by atoms with Crippen LogP contribution in [0.25, 0.3) is 0 Å². The number of hydrogen-bond donors (Lipinski definition) is 2. The fraction of sp³-hybridized carbons (Fsp3) is 0.231. The summed E-state index contributed by atoms with van der Waals surface area (Å²) >= 11 is 0. The summed E-state index contributed by atoms with van der Waals surface area (Å²) in [5.41, 5.74) is 5.84. The Balaban J connectivity index is 1.77. The molecule has 2 amide bonds. The molecule has 0 spiro atoms. The van der Waals surface area contributed by atoms with Crippen LogP contribution in [0, 0.1) is 13.8 Å². The normalized spacial score (nSPS) is 10.5. The number of carbonyl (C=O) groups excluding carboxylic acids is 2. The van der Waals surface area contributed by atoms with E-state index >= 15 is 0 Å². The number of anilines is 3. The van der Waals surface area contributed by atoms with Gasteiger partial charge in [0.2, 0.25) is 0 Å². The molecule has 31 heavy (non-hydrogen) atoms. The average Bonchev–Trinajstić information content (AvgIpc) is 2.78. The molecule has 0 aliphatic heterocycles. The first-order chi connectivity index (χ1) is 14.9. The van der Waals surface area contributed by atoms with Crippen molar-refractivity contribution in [3.63, 3.8) is 0 Å². The number of para-hydroxylation sites is 1. The van der Waals surface area contributed by atoms with Crippen LogP contribution in [0.3, 0.4) is 0 Å². The third-order valence-electron chi connectivity index (χ3n) is 5.49. The second-order valence-corrected chi connectivity index (χ2v) is 7.43. The van der Waals surface area contributed by atoms with Crippen molar-refractivity contribution >= 4 is 28.9 Å². The topological polar surface area (TPSA) is 61.4 Å². The maximum atomic E-state index is 13.0. The van der Waals surface area contributed by atoms with Crippen molar-refractivity contribution in [2.45, 2.75) is 27.7 Å². The lowest BCUT2D eigenvalue weighted by atomic mass is 10.1. The van der Waals surface area contributed by atoms with Crippen LogP contribution < -0.4 is 10.6 Å². The van der Waals surface area contributed by atoms with E-state index in [1.54, 1.807) is 35.2 Å². The van der Waals surface area contributed by atoms with Crippen LogP contribution in [0.5, 0.6) is 0 Å². The zero-order valence-corrected chi connectivity index (χ0v) is 18.5. The van der Waals surface area contributed by atoms with Crippen molar-refractivity contribution in [1.29, 1.82) is 0 Å². The van der Waals surface area contributed by atoms with Gasteiger partial charge in [-0.1, -0.05) is 24.3 Å². The number of hydrogen-bond acceptors (Lipinski definition) is 3. The summed E-state index contributed by atoms with van der Waals surface area (Å²) in [7, 11) is 0. The summed E-state index contributed by atoms with van der Waals surface area (Å²) in [5, 5.41) is 6.32. The van der Waals surface area contributed by atoms with Gasteiger partial charge in [0.1, 0.15) is 0 Å². The molecule has 3 rings (SSSR count). The van der Waals surface area contributed by atoms with Gasteiger partial charge in [-0.2, -0.15) is 0 Å². The fourth-order valence-electron chi connectivity index (χ4n) is 3.41. The second-order valence-electron chi connectivity index (χ2n) is 7.43. The SMILES string of the molecule is CCN(CC)C(=O)c1ccc(NC(=O)c2ccccc2Nc2cccc(C)c2C)cc1. The van der Waals surface area contributed by atoms with Crippen LogP contribution in [0.15, 0.2) is 66.7 Å². The van der Waals surface area contributed by atoms with Crippen molar-refractivity contribution in [1.82, 2.24) is 4.90 Å². The molecule has 0 radical (unpaired) electrons. The lowest BCUT2D eigenvalue weighted by Crippen LogP contribution is -2.30. The zero-order valence-electron chi connectivity index (χ0n) is 18.5. The maximum absolute atomic E-state index is 13.0. The molecule has 2 N–H and O–H groups in total. The number of rotatable bonds is 7. The molecule has 0 fully saturated rings. The molecule has 5 heteroatoms. The van der Waals surface area contributed by atoms with E-state index in [0.717, 1.165) is 16.9 Å². The summed E-state index contributed by atoms with van der Waals surface area (Å²) in [6, 6.07) is 20.5. The van der Waals surface area contributed by atoms with Crippen LogP contribution in [0.2, 0.25) is 0 Å². The van der Waals surface area contributed by atoms with Gasteiger partial charge in [0.05, 0.1) is 11.3 Å². The molecule has 0 saturated carbocycles. The van der Waals surface area contributed by atoms with E-state index in [-0.39, 0.29) is 11.8 Å². The van der Waals surface area contributed by atoms with Gasteiger partial charge in [-0.15, -0.1) is 0 Å². The Morgan fingerprint density at radius 1 is 0.806 bits per heavy atom. The Morgan fingerprint density at radius 3 is 2.13 bits per heavy atom. The Hall–Kier alpha value is -3.60. The van der Waals surface area contributed by atoms with Gasteiger partial charge < -0.3 is 15.5 Å². The van der Waals surface area contributed by atoms with Gasteiger partial charge in [0.25, 0.3) is 11.8 Å². The lowest BCUT2D eigenvalue weighted by molar-refractivity contribution is 0.0773. The molecule has 0 atom stereocenters. The van der Waals surface area contributed by atoms with E-state index in [1.165, 1.54) is 5.56 Å². The molecule has 160 valence electrons. The monoisotopic (exact) mass is 415 g/mol. The van der Waals surface area contributed by atoms with Gasteiger partial charge >= 0.3 is 0 Å². The van der Waals surface area contributed by atoms with Gasteiger partial charge in [-0.05, 0) is 81.3 Å². The highest BCUT2D eigenvalue weighted by molar-refractivity contribution is 6.08. The summed E-state index contributed by atoms with van der Waals surface area (Å²) in [4.78, 5) is 27.2. The Kier molecular flexibility index (Phi) is 7.08. The number of nitrogens with zero attached hydrogens (tertiary/aromatic N) is 1. The first-order valence-corrected chi connectivity index (χ1v) is 10.6. The van der Waals surface area contributed by atoms with Crippen LogP contribution in [-0.4, -0.2) is 29.8 Å². The molecule has 0 saturated heterocycles. The van der Waals surface area contributed by atoms with Gasteiger partial charge in [0.15, 0.2) is 0 Å². The molecule has 0 heterocycles. The van der Waals surface area contributed by atoms with E-state index in [2.05, 4.69) is 30.5 Å². The number of nitrogens with one attached hydrogen (secondary N) is 2. The van der Waals surface area contributed by atoms with E-state index in [0.29, 0.717) is 29.9 Å². The number of amides is 2. The van der Waals surface area contributed by atoms with Gasteiger partial charge in [-0.25, -0.2) is 0 Å². The predicted molar refractivity (Wildman–Crippen MR) is 127 cm³/mol. The Bertz CT molecular complexity index is 1070. The number of benzene rings is 3. The minimum absolute atomic E-state index is 0.00838. The van der Waals surface area contributed by atoms with Crippen LogP contribution in [0.1, 0.15) is 45.7 Å². The van der Waals surface area contributed by atoms with Crippen molar-refractivity contribution in [3.8, 4) is 0 Å². The molecule has 5 nitrogen and oxygen atoms in total. The molecule has 3 aromatic rings. The summed E-state index contributed by atoms with van der Waals surface area (Å²) in [6.07, 6.45) is 0. The molecular weight excluding hydrogens is 386 g/mol. The van der Waals surface area contributed by atoms with Crippen molar-refractivity contribution in [2.24, 2.45) is 0 Å². The molecule has 3 aromatic carbocycles. The van der Waals surface area contributed by atoms with Gasteiger partial charge in [0, 0.05) is 30.0 Å².